The Morgan fingerprint density at radius 2 is 1.83 bits per heavy atom. The standard InChI is InChI=1S/C21H30N4O3Si/c1-29(2,3)11-10-28-13-25-21(23-19(24-25)20(26)27)22-18-16-8-4-6-14(16)12-15-7-5-9-17(15)18/h12H,4-11,13H2,1-3H3,(H,26,27)(H,22,23,24). The number of aromatic carboxylic acids is 1. The van der Waals surface area contributed by atoms with Crippen molar-refractivity contribution in [3.8, 4) is 0 Å². The second-order valence-corrected chi connectivity index (χ2v) is 14.9. The van der Waals surface area contributed by atoms with Gasteiger partial charge in [-0.15, -0.1) is 5.10 Å². The highest BCUT2D eigenvalue weighted by Crippen LogP contribution is 2.39. The van der Waals surface area contributed by atoms with E-state index in [1.807, 2.05) is 0 Å². The van der Waals surface area contributed by atoms with E-state index >= 15 is 0 Å². The maximum Gasteiger partial charge on any atom is 0.375 e. The van der Waals surface area contributed by atoms with Gasteiger partial charge >= 0.3 is 5.97 Å². The van der Waals surface area contributed by atoms with Crippen molar-refractivity contribution in [2.24, 2.45) is 0 Å². The minimum atomic E-state index is -1.19. The molecule has 4 rings (SSSR count). The molecule has 2 aliphatic rings. The summed E-state index contributed by atoms with van der Waals surface area (Å²) in [6.45, 7) is 7.76. The molecular formula is C21H30N4O3Si. The first-order chi connectivity index (χ1) is 13.8. The zero-order valence-corrected chi connectivity index (χ0v) is 18.5. The summed E-state index contributed by atoms with van der Waals surface area (Å²) in [7, 11) is -1.19. The SMILES string of the molecule is C[Si](C)(C)CCOCn1nc(C(=O)O)nc1Nc1c2c(cc3c1CCC3)CCC2. The Kier molecular flexibility index (Phi) is 5.48. The van der Waals surface area contributed by atoms with Gasteiger partial charge in [0.15, 0.2) is 0 Å². The van der Waals surface area contributed by atoms with Crippen LogP contribution < -0.4 is 5.32 Å². The Balaban J connectivity index is 1.60. The number of anilines is 2. The third-order valence-electron chi connectivity index (χ3n) is 5.78. The highest BCUT2D eigenvalue weighted by molar-refractivity contribution is 6.76. The van der Waals surface area contributed by atoms with Gasteiger partial charge in [0.25, 0.3) is 5.82 Å². The van der Waals surface area contributed by atoms with Crippen LogP contribution in [0.1, 0.15) is 45.7 Å². The first kappa shape index (κ1) is 20.1. The molecule has 0 saturated heterocycles. The highest BCUT2D eigenvalue weighted by Gasteiger charge is 2.26. The second kappa shape index (κ2) is 7.91. The quantitative estimate of drug-likeness (QED) is 0.501. The average Bonchev–Trinajstić information content (AvgIpc) is 3.37. The lowest BCUT2D eigenvalue weighted by atomic mass is 9.99. The minimum absolute atomic E-state index is 0.199. The molecule has 0 unspecified atom stereocenters. The molecule has 1 aromatic carbocycles. The number of carbonyl (C=O) groups is 1. The largest absolute Gasteiger partial charge is 0.475 e. The van der Waals surface area contributed by atoms with Crippen molar-refractivity contribution in [2.45, 2.75) is 70.9 Å². The number of aryl methyl sites for hydroxylation is 2. The summed E-state index contributed by atoms with van der Waals surface area (Å²) in [6.07, 6.45) is 6.67. The zero-order chi connectivity index (χ0) is 20.6. The molecule has 0 fully saturated rings. The number of rotatable bonds is 8. The summed E-state index contributed by atoms with van der Waals surface area (Å²) in [5.74, 6) is -0.882. The van der Waals surface area contributed by atoms with Gasteiger partial charge in [0.05, 0.1) is 0 Å². The smallest absolute Gasteiger partial charge is 0.375 e. The maximum atomic E-state index is 11.5. The molecule has 0 saturated carbocycles. The molecular weight excluding hydrogens is 384 g/mol. The molecule has 1 heterocycles. The molecule has 8 heteroatoms. The third-order valence-corrected chi connectivity index (χ3v) is 7.49. The molecule has 2 aliphatic carbocycles. The number of aromatic nitrogens is 3. The number of hydrogen-bond donors (Lipinski definition) is 2. The van der Waals surface area contributed by atoms with Gasteiger partial charge in [-0.05, 0) is 66.8 Å². The fraction of sp³-hybridized carbons (Fsp3) is 0.571. The van der Waals surface area contributed by atoms with Crippen LogP contribution in [0.2, 0.25) is 25.7 Å². The van der Waals surface area contributed by atoms with Gasteiger partial charge in [0.2, 0.25) is 5.95 Å². The van der Waals surface area contributed by atoms with Crippen LogP contribution in [-0.2, 0) is 37.2 Å². The number of ether oxygens (including phenoxy) is 1. The van der Waals surface area contributed by atoms with Gasteiger partial charge in [-0.1, -0.05) is 25.7 Å². The number of carboxylic acids is 1. The maximum absolute atomic E-state index is 11.5. The Morgan fingerprint density at radius 1 is 1.17 bits per heavy atom. The Labute approximate surface area is 172 Å². The summed E-state index contributed by atoms with van der Waals surface area (Å²) in [5, 5.41) is 17.0. The van der Waals surface area contributed by atoms with Crippen molar-refractivity contribution in [1.29, 1.82) is 0 Å². The lowest BCUT2D eigenvalue weighted by molar-refractivity contribution is 0.0669. The van der Waals surface area contributed by atoms with E-state index in [0.717, 1.165) is 37.4 Å². The van der Waals surface area contributed by atoms with Crippen LogP contribution in [0.5, 0.6) is 0 Å². The van der Waals surface area contributed by atoms with E-state index in [0.29, 0.717) is 12.6 Å². The van der Waals surface area contributed by atoms with Gasteiger partial charge in [-0.3, -0.25) is 0 Å². The molecule has 0 amide bonds. The molecule has 1 aromatic heterocycles. The number of nitrogens with one attached hydrogen (secondary N) is 1. The fourth-order valence-electron chi connectivity index (χ4n) is 4.22. The summed E-state index contributed by atoms with van der Waals surface area (Å²) >= 11 is 0. The van der Waals surface area contributed by atoms with E-state index in [2.05, 4.69) is 41.1 Å². The predicted molar refractivity (Wildman–Crippen MR) is 115 cm³/mol. The molecule has 2 aromatic rings. The summed E-state index contributed by atoms with van der Waals surface area (Å²) in [5.41, 5.74) is 6.68. The van der Waals surface area contributed by atoms with Crippen molar-refractivity contribution in [1.82, 2.24) is 14.8 Å². The lowest BCUT2D eigenvalue weighted by Gasteiger charge is -2.18. The van der Waals surface area contributed by atoms with Crippen molar-refractivity contribution in [3.63, 3.8) is 0 Å². The van der Waals surface area contributed by atoms with E-state index in [1.165, 1.54) is 35.1 Å². The molecule has 2 N–H and O–H groups in total. The predicted octanol–water partition coefficient (Wildman–Crippen LogP) is 4.01. The van der Waals surface area contributed by atoms with E-state index in [1.54, 1.807) is 4.68 Å². The molecule has 156 valence electrons. The van der Waals surface area contributed by atoms with Crippen molar-refractivity contribution in [2.75, 3.05) is 11.9 Å². The highest BCUT2D eigenvalue weighted by atomic mass is 28.3. The number of hydrogen-bond acceptors (Lipinski definition) is 5. The van der Waals surface area contributed by atoms with Gasteiger partial charge in [-0.2, -0.15) is 4.98 Å². The van der Waals surface area contributed by atoms with Crippen LogP contribution in [0.25, 0.3) is 0 Å². The van der Waals surface area contributed by atoms with Crippen LogP contribution >= 0.6 is 0 Å². The normalized spacial score (nSPS) is 15.4. The first-order valence-corrected chi connectivity index (χ1v) is 14.2. The summed E-state index contributed by atoms with van der Waals surface area (Å²) < 4.78 is 7.36. The van der Waals surface area contributed by atoms with Crippen molar-refractivity contribution >= 4 is 25.7 Å². The fourth-order valence-corrected chi connectivity index (χ4v) is 4.98. The van der Waals surface area contributed by atoms with Crippen LogP contribution in [0, 0.1) is 0 Å². The van der Waals surface area contributed by atoms with E-state index in [-0.39, 0.29) is 12.6 Å². The van der Waals surface area contributed by atoms with Crippen molar-refractivity contribution in [3.05, 3.63) is 34.1 Å². The molecule has 0 radical (unpaired) electrons. The van der Waals surface area contributed by atoms with Crippen LogP contribution in [0.15, 0.2) is 6.07 Å². The van der Waals surface area contributed by atoms with Crippen LogP contribution in [0.3, 0.4) is 0 Å². The van der Waals surface area contributed by atoms with Crippen LogP contribution in [0.4, 0.5) is 11.6 Å². The zero-order valence-electron chi connectivity index (χ0n) is 17.5. The minimum Gasteiger partial charge on any atom is -0.475 e. The van der Waals surface area contributed by atoms with Gasteiger partial charge in [0, 0.05) is 20.4 Å². The topological polar surface area (TPSA) is 89.3 Å². The Morgan fingerprint density at radius 3 is 2.41 bits per heavy atom. The molecule has 0 bridgehead atoms. The molecule has 0 spiro atoms. The van der Waals surface area contributed by atoms with Gasteiger partial charge < -0.3 is 15.2 Å². The number of carboxylic acid groups (broad SMARTS) is 1. The number of fused-ring (bicyclic) bond motifs is 2. The van der Waals surface area contributed by atoms with Crippen molar-refractivity contribution < 1.29 is 14.6 Å². The van der Waals surface area contributed by atoms with E-state index in [9.17, 15) is 9.90 Å². The molecule has 0 atom stereocenters. The van der Waals surface area contributed by atoms with E-state index in [4.69, 9.17) is 4.74 Å². The number of benzene rings is 1. The van der Waals surface area contributed by atoms with Crippen LogP contribution in [-0.4, -0.2) is 40.5 Å². The number of nitrogens with zero attached hydrogens (tertiary/aromatic N) is 3. The van der Waals surface area contributed by atoms with E-state index < -0.39 is 14.0 Å². The summed E-state index contributed by atoms with van der Waals surface area (Å²) in [4.78, 5) is 15.7. The van der Waals surface area contributed by atoms with Gasteiger partial charge in [-0.25, -0.2) is 9.48 Å². The molecule has 0 aliphatic heterocycles. The second-order valence-electron chi connectivity index (χ2n) is 9.27. The first-order valence-electron chi connectivity index (χ1n) is 10.5. The Hall–Kier alpha value is -2.19. The average molecular weight is 415 g/mol. The monoisotopic (exact) mass is 414 g/mol. The lowest BCUT2D eigenvalue weighted by Crippen LogP contribution is -2.22. The molecule has 7 nitrogen and oxygen atoms in total. The summed E-state index contributed by atoms with van der Waals surface area (Å²) in [6, 6.07) is 3.43. The Bertz CT molecular complexity index is 901. The third kappa shape index (κ3) is 4.38. The van der Waals surface area contributed by atoms with Gasteiger partial charge in [0.1, 0.15) is 6.73 Å². The molecule has 29 heavy (non-hydrogen) atoms.